The topological polar surface area (TPSA) is 128 Å². The van der Waals surface area contributed by atoms with E-state index in [1.54, 1.807) is 48.7 Å². The van der Waals surface area contributed by atoms with Crippen molar-refractivity contribution >= 4 is 39.6 Å². The second-order valence-corrected chi connectivity index (χ2v) is 9.37. The average molecular weight is 522 g/mol. The van der Waals surface area contributed by atoms with Gasteiger partial charge in [-0.3, -0.25) is 18.9 Å². The molecule has 0 radical (unpaired) electrons. The van der Waals surface area contributed by atoms with Gasteiger partial charge in [-0.25, -0.2) is 4.98 Å². The fourth-order valence-electron chi connectivity index (χ4n) is 4.51. The maximum absolute atomic E-state index is 13.5. The van der Waals surface area contributed by atoms with Crippen molar-refractivity contribution in [2.75, 3.05) is 26.2 Å². The number of nitrogens with zero attached hydrogens (tertiary/aromatic N) is 5. The second kappa shape index (κ2) is 9.21. The van der Waals surface area contributed by atoms with Gasteiger partial charge in [-0.2, -0.15) is 0 Å². The number of fused-ring (bicyclic) bond motifs is 1. The number of Topliss-reactive ketones (excluding diaryl/α,β-unsaturated/α-hetero) is 1. The highest BCUT2D eigenvalue weighted by atomic mass is 32.1. The minimum absolute atomic E-state index is 0.124. The molecule has 3 aromatic heterocycles. The number of amides is 1. The number of benzene rings is 1. The third-order valence-electron chi connectivity index (χ3n) is 6.10. The largest absolute Gasteiger partial charge is 0.505 e. The van der Waals surface area contributed by atoms with Gasteiger partial charge in [0.15, 0.2) is 17.3 Å². The predicted molar refractivity (Wildman–Crippen MR) is 135 cm³/mol. The zero-order valence-electron chi connectivity index (χ0n) is 20.7. The van der Waals surface area contributed by atoms with Crippen LogP contribution in [0.25, 0.3) is 11.4 Å². The lowest BCUT2D eigenvalue weighted by molar-refractivity contribution is -0.132. The number of aliphatic hydroxyl groups excluding tert-OH is 1. The van der Waals surface area contributed by atoms with Crippen LogP contribution >= 0.6 is 11.3 Å². The van der Waals surface area contributed by atoms with Crippen molar-refractivity contribution in [1.82, 2.24) is 19.6 Å². The summed E-state index contributed by atoms with van der Waals surface area (Å²) in [5.74, 6) is -1.09. The van der Waals surface area contributed by atoms with Gasteiger partial charge in [0.25, 0.3) is 5.78 Å². The van der Waals surface area contributed by atoms with E-state index in [2.05, 4.69) is 15.2 Å². The maximum Gasteiger partial charge on any atom is 0.301 e. The van der Waals surface area contributed by atoms with Gasteiger partial charge in [-0.05, 0) is 43.7 Å². The molecule has 1 atom stereocenters. The van der Waals surface area contributed by atoms with Crippen LogP contribution in [-0.4, -0.2) is 57.7 Å². The molecule has 4 heterocycles. The number of rotatable bonds is 6. The number of aliphatic hydroxyl groups is 1. The van der Waals surface area contributed by atoms with E-state index in [4.69, 9.17) is 14.2 Å². The minimum Gasteiger partial charge on any atom is -0.505 e. The lowest BCUT2D eigenvalue weighted by Crippen LogP contribution is -2.29. The van der Waals surface area contributed by atoms with Crippen LogP contribution in [0.5, 0.6) is 17.2 Å². The van der Waals surface area contributed by atoms with E-state index in [-0.39, 0.29) is 16.5 Å². The number of hydrogen-bond donors (Lipinski definition) is 1. The van der Waals surface area contributed by atoms with Gasteiger partial charge in [-0.15, -0.1) is 10.2 Å². The Bertz CT molecular complexity index is 1560. The Morgan fingerprint density at radius 3 is 2.32 bits per heavy atom. The Labute approximate surface area is 215 Å². The molecule has 12 heteroatoms. The van der Waals surface area contributed by atoms with Crippen molar-refractivity contribution in [2.45, 2.75) is 19.9 Å². The number of carbonyl (C=O) groups is 2. The van der Waals surface area contributed by atoms with E-state index in [0.717, 1.165) is 11.3 Å². The van der Waals surface area contributed by atoms with E-state index >= 15 is 0 Å². The summed E-state index contributed by atoms with van der Waals surface area (Å²) in [6.45, 7) is 3.47. The van der Waals surface area contributed by atoms with Gasteiger partial charge in [-0.1, -0.05) is 17.4 Å². The highest BCUT2D eigenvalue weighted by Gasteiger charge is 2.49. The molecule has 5 rings (SSSR count). The molecule has 0 bridgehead atoms. The summed E-state index contributed by atoms with van der Waals surface area (Å²) in [6.07, 6.45) is 1.73. The Kier molecular flexibility index (Phi) is 6.04. The average Bonchev–Trinajstić information content (AvgIpc) is 3.55. The van der Waals surface area contributed by atoms with Crippen molar-refractivity contribution in [3.63, 3.8) is 0 Å². The summed E-state index contributed by atoms with van der Waals surface area (Å²) in [5, 5.41) is 20.6. The van der Waals surface area contributed by atoms with Gasteiger partial charge < -0.3 is 19.3 Å². The lowest BCUT2D eigenvalue weighted by atomic mass is 9.95. The Morgan fingerprint density at radius 1 is 1.03 bits per heavy atom. The van der Waals surface area contributed by atoms with Gasteiger partial charge in [0.2, 0.25) is 10.9 Å². The van der Waals surface area contributed by atoms with Gasteiger partial charge in [0.1, 0.15) is 16.3 Å². The molecule has 1 aromatic carbocycles. The van der Waals surface area contributed by atoms with E-state index in [0.29, 0.717) is 44.9 Å². The number of carbonyl (C=O) groups excluding carboxylic acids is 2. The quantitative estimate of drug-likeness (QED) is 0.230. The van der Waals surface area contributed by atoms with Crippen LogP contribution in [-0.2, 0) is 9.59 Å². The number of ketones is 1. The normalized spacial score (nSPS) is 17.0. The smallest absolute Gasteiger partial charge is 0.301 e. The first-order valence-corrected chi connectivity index (χ1v) is 12.0. The molecular weight excluding hydrogens is 498 g/mol. The van der Waals surface area contributed by atoms with Crippen molar-refractivity contribution in [3.05, 3.63) is 64.1 Å². The summed E-state index contributed by atoms with van der Waals surface area (Å²) in [4.78, 5) is 32.7. The summed E-state index contributed by atoms with van der Waals surface area (Å²) in [7, 11) is 4.41. The first-order valence-electron chi connectivity index (χ1n) is 11.2. The molecule has 1 saturated heterocycles. The van der Waals surface area contributed by atoms with Crippen molar-refractivity contribution < 1.29 is 28.9 Å². The number of hydrogen-bond acceptors (Lipinski definition) is 10. The number of anilines is 1. The van der Waals surface area contributed by atoms with Gasteiger partial charge >= 0.3 is 5.91 Å². The molecule has 0 spiro atoms. The number of imidazole rings is 1. The van der Waals surface area contributed by atoms with Crippen LogP contribution in [0.2, 0.25) is 0 Å². The third-order valence-corrected chi connectivity index (χ3v) is 6.94. The first-order chi connectivity index (χ1) is 17.8. The van der Waals surface area contributed by atoms with Gasteiger partial charge in [0.05, 0.1) is 38.6 Å². The zero-order valence-corrected chi connectivity index (χ0v) is 21.5. The van der Waals surface area contributed by atoms with E-state index in [9.17, 15) is 14.7 Å². The Hall–Kier alpha value is -4.45. The molecule has 0 aliphatic carbocycles. The van der Waals surface area contributed by atoms with Crippen LogP contribution in [0.4, 0.5) is 5.13 Å². The van der Waals surface area contributed by atoms with E-state index in [1.165, 1.54) is 26.2 Å². The van der Waals surface area contributed by atoms with Crippen molar-refractivity contribution in [3.8, 4) is 17.2 Å². The van der Waals surface area contributed by atoms with E-state index in [1.807, 2.05) is 6.07 Å². The highest BCUT2D eigenvalue weighted by Crippen LogP contribution is 2.47. The number of aromatic nitrogens is 4. The molecule has 37 heavy (non-hydrogen) atoms. The van der Waals surface area contributed by atoms with Crippen LogP contribution < -0.4 is 19.1 Å². The molecule has 1 amide bonds. The number of ether oxygens (including phenoxy) is 3. The van der Waals surface area contributed by atoms with Crippen molar-refractivity contribution in [1.29, 1.82) is 0 Å². The van der Waals surface area contributed by atoms with Crippen LogP contribution in [0, 0.1) is 13.8 Å². The second-order valence-electron chi connectivity index (χ2n) is 8.21. The number of methoxy groups -OCH3 is 3. The molecular formula is C25H23N5O6S. The first kappa shape index (κ1) is 24.3. The molecule has 1 aliphatic heterocycles. The monoisotopic (exact) mass is 521 g/mol. The molecule has 1 aliphatic rings. The number of aryl methyl sites for hydroxylation is 2. The maximum atomic E-state index is 13.5. The zero-order chi connectivity index (χ0) is 26.4. The molecule has 0 saturated carbocycles. The van der Waals surface area contributed by atoms with Crippen LogP contribution in [0.15, 0.2) is 42.1 Å². The summed E-state index contributed by atoms with van der Waals surface area (Å²) < 4.78 is 18.1. The molecule has 4 aromatic rings. The van der Waals surface area contributed by atoms with E-state index < -0.39 is 17.7 Å². The Morgan fingerprint density at radius 2 is 1.73 bits per heavy atom. The fraction of sp³-hybridized carbons (Fsp3) is 0.240. The molecule has 11 nitrogen and oxygen atoms in total. The molecule has 1 fully saturated rings. The summed E-state index contributed by atoms with van der Waals surface area (Å²) in [5.41, 5.74) is 1.69. The van der Waals surface area contributed by atoms with Crippen LogP contribution in [0.1, 0.15) is 28.0 Å². The lowest BCUT2D eigenvalue weighted by Gasteiger charge is -2.24. The molecule has 1 unspecified atom stereocenters. The highest BCUT2D eigenvalue weighted by molar-refractivity contribution is 7.15. The summed E-state index contributed by atoms with van der Waals surface area (Å²) in [6, 6.07) is 7.58. The Balaban J connectivity index is 1.82. The molecule has 190 valence electrons. The fourth-order valence-corrected chi connectivity index (χ4v) is 5.23. The van der Waals surface area contributed by atoms with Crippen LogP contribution in [0.3, 0.4) is 0 Å². The molecule has 1 N–H and O–H groups in total. The standard InChI is InChI=1S/C25H23N5O6S/c1-12-19(29-9-7-6-8-17(29)26-12)21(31)18-20(14-10-15(34-3)23(36-5)16(11-14)35-4)30(24(33)22(18)32)25-28-27-13(2)37-25/h6-11,20,31H,1-5H3. The number of pyridine rings is 1. The third kappa shape index (κ3) is 3.76. The minimum atomic E-state index is -1.06. The summed E-state index contributed by atoms with van der Waals surface area (Å²) >= 11 is 1.16. The SMILES string of the molecule is COc1cc(C2C(=C(O)c3c(C)nc4ccccn34)C(=O)C(=O)N2c2nnc(C)s2)cc(OC)c1OC. The van der Waals surface area contributed by atoms with Crippen molar-refractivity contribution in [2.24, 2.45) is 0 Å². The predicted octanol–water partition coefficient (Wildman–Crippen LogP) is 3.45. The van der Waals surface area contributed by atoms with Gasteiger partial charge in [0, 0.05) is 6.20 Å².